The smallest absolute Gasteiger partial charge is 0.338 e. The lowest BCUT2D eigenvalue weighted by atomic mass is 9.48. The zero-order valence-corrected chi connectivity index (χ0v) is 24.9. The molecule has 1 heterocycles. The Balaban J connectivity index is 1.35. The maximum Gasteiger partial charge on any atom is 0.338 e. The summed E-state index contributed by atoms with van der Waals surface area (Å²) in [5.41, 5.74) is 4.15. The topological polar surface area (TPSA) is 70.5 Å². The van der Waals surface area contributed by atoms with Gasteiger partial charge in [-0.1, -0.05) is 29.8 Å². The summed E-state index contributed by atoms with van der Waals surface area (Å²) in [6, 6.07) is 8.02. The molecule has 1 amide bonds. The lowest BCUT2D eigenvalue weighted by Crippen LogP contribution is -2.71. The van der Waals surface area contributed by atoms with E-state index in [0.29, 0.717) is 22.5 Å². The average molecular weight is 553 g/mol. The summed E-state index contributed by atoms with van der Waals surface area (Å²) in [5.74, 6) is 3.46. The van der Waals surface area contributed by atoms with Gasteiger partial charge >= 0.3 is 5.97 Å². The number of aromatic nitrogens is 1. The summed E-state index contributed by atoms with van der Waals surface area (Å²) in [6.45, 7) is 5.74. The number of aryl methyl sites for hydroxylation is 3. The highest BCUT2D eigenvalue weighted by Crippen LogP contribution is 2.64. The first-order valence-electron chi connectivity index (χ1n) is 16.3. The molecule has 0 aliphatic heterocycles. The number of carbonyl (C=O) groups is 2. The monoisotopic (exact) mass is 552 g/mol. The number of carboxylic acid groups (broad SMARTS) is 1. The summed E-state index contributed by atoms with van der Waals surface area (Å²) in [4.78, 5) is 35.8. The van der Waals surface area contributed by atoms with Gasteiger partial charge in [-0.25, -0.2) is 4.79 Å². The Morgan fingerprint density at radius 3 is 1.59 bits per heavy atom. The van der Waals surface area contributed by atoms with Gasteiger partial charge < -0.3 is 10.0 Å². The van der Waals surface area contributed by atoms with Crippen molar-refractivity contribution in [1.29, 1.82) is 0 Å². The van der Waals surface area contributed by atoms with Crippen LogP contribution < -0.4 is 0 Å². The second kappa shape index (κ2) is 8.91. The molecule has 10 rings (SSSR count). The van der Waals surface area contributed by atoms with Crippen LogP contribution in [0, 0.1) is 56.3 Å². The molecule has 0 spiro atoms. The number of rotatable bonds is 5. The number of carbonyl (C=O) groups excluding carboxylic acids is 1. The molecular formula is C36H44N2O3. The summed E-state index contributed by atoms with van der Waals surface area (Å²) in [6.07, 6.45) is 14.8. The zero-order chi connectivity index (χ0) is 28.3. The fraction of sp³-hybridized carbons (Fsp3) is 0.639. The van der Waals surface area contributed by atoms with Gasteiger partial charge in [0.25, 0.3) is 5.91 Å². The lowest BCUT2D eigenvalue weighted by Gasteiger charge is -2.69. The Morgan fingerprint density at radius 2 is 1.17 bits per heavy atom. The van der Waals surface area contributed by atoms with Crippen molar-refractivity contribution < 1.29 is 14.7 Å². The van der Waals surface area contributed by atoms with Gasteiger partial charge in [0.2, 0.25) is 0 Å². The first-order valence-corrected chi connectivity index (χ1v) is 16.3. The average Bonchev–Trinajstić information content (AvgIpc) is 2.86. The van der Waals surface area contributed by atoms with Gasteiger partial charge in [0.15, 0.2) is 0 Å². The van der Waals surface area contributed by atoms with E-state index < -0.39 is 5.97 Å². The summed E-state index contributed by atoms with van der Waals surface area (Å²) >= 11 is 0. The van der Waals surface area contributed by atoms with Crippen molar-refractivity contribution >= 4 is 11.9 Å². The standard InChI is InChI=1S/C36H44N2O3/c1-20-5-4-6-29(7-20)32-30(21(2)37-22(3)31(32)34(40)41)33(39)38(35-14-23-8-24(15-35)10-25(9-23)16-35)36-17-26-11-27(18-36)13-28(12-26)19-36/h4-7,23-28H,8-19H2,1-3H3,(H,40,41). The van der Waals surface area contributed by atoms with Crippen LogP contribution in [0.5, 0.6) is 0 Å². The van der Waals surface area contributed by atoms with Crippen molar-refractivity contribution in [1.82, 2.24) is 9.88 Å². The molecule has 0 saturated heterocycles. The van der Waals surface area contributed by atoms with E-state index in [1.54, 1.807) is 6.92 Å². The van der Waals surface area contributed by atoms with E-state index in [2.05, 4.69) is 4.90 Å². The molecule has 41 heavy (non-hydrogen) atoms. The lowest BCUT2D eigenvalue weighted by molar-refractivity contribution is -0.156. The highest BCUT2D eigenvalue weighted by atomic mass is 16.4. The zero-order valence-electron chi connectivity index (χ0n) is 24.9. The molecule has 8 aliphatic carbocycles. The fourth-order valence-electron chi connectivity index (χ4n) is 12.2. The van der Waals surface area contributed by atoms with E-state index >= 15 is 4.79 Å². The Kier molecular flexibility index (Phi) is 5.64. The molecular weight excluding hydrogens is 508 g/mol. The van der Waals surface area contributed by atoms with Crippen molar-refractivity contribution in [2.75, 3.05) is 0 Å². The van der Waals surface area contributed by atoms with E-state index in [1.807, 2.05) is 38.1 Å². The van der Waals surface area contributed by atoms with Crippen LogP contribution in [0.2, 0.25) is 0 Å². The molecule has 5 heteroatoms. The molecule has 1 N–H and O–H groups in total. The molecule has 216 valence electrons. The number of carboxylic acids is 1. The van der Waals surface area contributed by atoms with Gasteiger partial charge in [-0.3, -0.25) is 9.78 Å². The molecule has 8 fully saturated rings. The van der Waals surface area contributed by atoms with E-state index in [1.165, 1.54) is 38.5 Å². The summed E-state index contributed by atoms with van der Waals surface area (Å²) in [5, 5.41) is 10.5. The number of nitrogens with zero attached hydrogens (tertiary/aromatic N) is 2. The molecule has 8 saturated carbocycles. The predicted molar refractivity (Wildman–Crippen MR) is 159 cm³/mol. The van der Waals surface area contributed by atoms with Crippen molar-refractivity contribution in [3.63, 3.8) is 0 Å². The number of hydrogen-bond donors (Lipinski definition) is 1. The van der Waals surface area contributed by atoms with Crippen LogP contribution in [-0.4, -0.2) is 37.9 Å². The third kappa shape index (κ3) is 3.89. The first kappa shape index (κ1) is 26.0. The van der Waals surface area contributed by atoms with Gasteiger partial charge in [-0.05, 0) is 139 Å². The molecule has 1 aromatic carbocycles. The Labute approximate surface area is 244 Å². The molecule has 0 unspecified atom stereocenters. The minimum absolute atomic E-state index is 0.0814. The highest BCUT2D eigenvalue weighted by molar-refractivity contribution is 6.09. The van der Waals surface area contributed by atoms with Crippen LogP contribution in [-0.2, 0) is 0 Å². The van der Waals surface area contributed by atoms with Crippen molar-refractivity contribution in [3.8, 4) is 11.1 Å². The van der Waals surface area contributed by atoms with Gasteiger partial charge in [0.1, 0.15) is 0 Å². The van der Waals surface area contributed by atoms with Crippen LogP contribution in [0.1, 0.15) is 115 Å². The van der Waals surface area contributed by atoms with Crippen molar-refractivity contribution in [2.45, 2.75) is 109 Å². The predicted octanol–water partition coefficient (Wildman–Crippen LogP) is 7.75. The molecule has 8 aliphatic rings. The van der Waals surface area contributed by atoms with E-state index in [9.17, 15) is 9.90 Å². The number of pyridine rings is 1. The highest BCUT2D eigenvalue weighted by Gasteiger charge is 2.63. The van der Waals surface area contributed by atoms with Gasteiger partial charge in [-0.15, -0.1) is 0 Å². The maximum absolute atomic E-state index is 15.7. The molecule has 2 aromatic rings. The van der Waals surface area contributed by atoms with Crippen molar-refractivity contribution in [3.05, 3.63) is 52.3 Å². The molecule has 0 radical (unpaired) electrons. The van der Waals surface area contributed by atoms with Crippen molar-refractivity contribution in [2.24, 2.45) is 35.5 Å². The summed E-state index contributed by atoms with van der Waals surface area (Å²) in [7, 11) is 0. The van der Waals surface area contributed by atoms with Crippen LogP contribution in [0.4, 0.5) is 0 Å². The molecule has 5 nitrogen and oxygen atoms in total. The molecule has 0 atom stereocenters. The van der Waals surface area contributed by atoms with E-state index in [4.69, 9.17) is 4.98 Å². The second-order valence-corrected chi connectivity index (χ2v) is 15.5. The number of hydrogen-bond acceptors (Lipinski definition) is 3. The number of aromatic carboxylic acids is 1. The van der Waals surface area contributed by atoms with Gasteiger partial charge in [-0.2, -0.15) is 0 Å². The largest absolute Gasteiger partial charge is 0.478 e. The Hall–Kier alpha value is -2.69. The number of amides is 1. The molecule has 8 bridgehead atoms. The van der Waals surface area contributed by atoms with Gasteiger partial charge in [0.05, 0.1) is 22.5 Å². The molecule has 1 aromatic heterocycles. The fourth-order valence-corrected chi connectivity index (χ4v) is 12.2. The van der Waals surface area contributed by atoms with E-state index in [-0.39, 0.29) is 22.5 Å². The van der Waals surface area contributed by atoms with Crippen LogP contribution in [0.25, 0.3) is 11.1 Å². The van der Waals surface area contributed by atoms with E-state index in [0.717, 1.165) is 85.2 Å². The van der Waals surface area contributed by atoms with Crippen LogP contribution in [0.15, 0.2) is 24.3 Å². The van der Waals surface area contributed by atoms with Crippen LogP contribution in [0.3, 0.4) is 0 Å². The van der Waals surface area contributed by atoms with Crippen LogP contribution >= 0.6 is 0 Å². The maximum atomic E-state index is 15.7. The van der Waals surface area contributed by atoms with Gasteiger partial charge in [0, 0.05) is 16.6 Å². The third-order valence-electron chi connectivity index (χ3n) is 12.5. The Bertz CT molecular complexity index is 1340. The normalized spacial score (nSPS) is 37.9. The summed E-state index contributed by atoms with van der Waals surface area (Å²) < 4.78 is 0. The minimum Gasteiger partial charge on any atom is -0.478 e. The number of benzene rings is 1. The third-order valence-corrected chi connectivity index (χ3v) is 12.5. The SMILES string of the molecule is Cc1cccc(-c2c(C(=O)O)c(C)nc(C)c2C(=O)N(C23CC4CC(CC(C4)C2)C3)C23CC4CC(CC(C4)C2)C3)c1. The quantitative estimate of drug-likeness (QED) is 0.412. The first-order chi connectivity index (χ1) is 19.6. The Morgan fingerprint density at radius 1 is 0.732 bits per heavy atom. The minimum atomic E-state index is -1.00. The second-order valence-electron chi connectivity index (χ2n) is 15.5.